The van der Waals surface area contributed by atoms with Crippen molar-refractivity contribution in [1.29, 1.82) is 0 Å². The van der Waals surface area contributed by atoms with E-state index in [1.807, 2.05) is 60.7 Å². The molecule has 0 saturated carbocycles. The van der Waals surface area contributed by atoms with Crippen LogP contribution in [0.3, 0.4) is 0 Å². The van der Waals surface area contributed by atoms with E-state index in [-0.39, 0.29) is 11.8 Å². The topological polar surface area (TPSA) is 78.4 Å². The number of hydrogen-bond acceptors (Lipinski definition) is 3. The highest BCUT2D eigenvalue weighted by molar-refractivity contribution is 5.89. The van der Waals surface area contributed by atoms with Crippen LogP contribution in [-0.4, -0.2) is 36.1 Å². The van der Waals surface area contributed by atoms with Crippen LogP contribution < -0.4 is 10.6 Å². The van der Waals surface area contributed by atoms with Gasteiger partial charge >= 0.3 is 0 Å². The first kappa shape index (κ1) is 20.4. The molecule has 0 spiro atoms. The quantitative estimate of drug-likeness (QED) is 0.593. The van der Waals surface area contributed by atoms with Crippen molar-refractivity contribution in [1.82, 2.24) is 10.6 Å². The fourth-order valence-corrected chi connectivity index (χ4v) is 2.91. The first-order valence-electron chi connectivity index (χ1n) is 8.95. The molecule has 142 valence electrons. The van der Waals surface area contributed by atoms with Crippen molar-refractivity contribution in [3.63, 3.8) is 0 Å². The minimum atomic E-state index is -1.01. The molecule has 2 aromatic rings. The highest BCUT2D eigenvalue weighted by Crippen LogP contribution is 2.15. The molecular formula is C22H26N2O3. The van der Waals surface area contributed by atoms with Crippen LogP contribution >= 0.6 is 0 Å². The molecule has 5 heteroatoms. The van der Waals surface area contributed by atoms with Crippen molar-refractivity contribution in [2.24, 2.45) is 5.92 Å². The maximum absolute atomic E-state index is 12.9. The van der Waals surface area contributed by atoms with E-state index in [2.05, 4.69) is 17.2 Å². The summed E-state index contributed by atoms with van der Waals surface area (Å²) in [6.07, 6.45) is 1.06. The van der Waals surface area contributed by atoms with Gasteiger partial charge in [0, 0.05) is 13.5 Å². The largest absolute Gasteiger partial charge is 0.388 e. The fraction of sp³-hybridized carbons (Fsp3) is 0.273. The number of aliphatic hydroxyl groups excluding tert-OH is 1. The Bertz CT molecular complexity index is 747. The van der Waals surface area contributed by atoms with Gasteiger partial charge in [0.2, 0.25) is 11.8 Å². The van der Waals surface area contributed by atoms with E-state index in [0.29, 0.717) is 12.8 Å². The maximum atomic E-state index is 12.9. The van der Waals surface area contributed by atoms with Crippen molar-refractivity contribution < 1.29 is 14.7 Å². The summed E-state index contributed by atoms with van der Waals surface area (Å²) in [5, 5.41) is 15.6. The van der Waals surface area contributed by atoms with Gasteiger partial charge in [0.05, 0.1) is 12.0 Å². The fourth-order valence-electron chi connectivity index (χ4n) is 2.91. The molecular weight excluding hydrogens is 340 g/mol. The number of likely N-dealkylation sites (N-methyl/N-ethyl adjacent to an activating group) is 1. The number of aliphatic hydroxyl groups is 1. The first-order valence-corrected chi connectivity index (χ1v) is 8.95. The van der Waals surface area contributed by atoms with Crippen molar-refractivity contribution in [2.75, 3.05) is 7.05 Å². The van der Waals surface area contributed by atoms with Crippen LogP contribution in [0, 0.1) is 5.92 Å². The zero-order valence-corrected chi connectivity index (χ0v) is 15.5. The van der Waals surface area contributed by atoms with Gasteiger partial charge < -0.3 is 15.7 Å². The van der Waals surface area contributed by atoms with Gasteiger partial charge in [0.15, 0.2) is 0 Å². The van der Waals surface area contributed by atoms with Gasteiger partial charge in [-0.05, 0) is 17.5 Å². The summed E-state index contributed by atoms with van der Waals surface area (Å²) < 4.78 is 0. The number of carbonyl (C=O) groups excluding carboxylic acids is 2. The third kappa shape index (κ3) is 6.08. The summed E-state index contributed by atoms with van der Waals surface area (Å²) in [6, 6.07) is 18.2. The molecule has 0 heterocycles. The molecule has 0 aliphatic heterocycles. The lowest BCUT2D eigenvalue weighted by Gasteiger charge is -2.24. The molecule has 5 nitrogen and oxygen atoms in total. The average Bonchev–Trinajstić information content (AvgIpc) is 2.71. The minimum absolute atomic E-state index is 0.279. The molecule has 2 aromatic carbocycles. The van der Waals surface area contributed by atoms with Crippen LogP contribution in [0.2, 0.25) is 0 Å². The zero-order chi connectivity index (χ0) is 19.6. The van der Waals surface area contributed by atoms with Crippen LogP contribution in [0.25, 0.3) is 0 Å². The maximum Gasteiger partial charge on any atom is 0.242 e. The monoisotopic (exact) mass is 366 g/mol. The van der Waals surface area contributed by atoms with E-state index in [1.54, 1.807) is 0 Å². The van der Waals surface area contributed by atoms with E-state index in [1.165, 1.54) is 13.1 Å². The molecule has 0 saturated heterocycles. The second kappa shape index (κ2) is 10.3. The van der Waals surface area contributed by atoms with Crippen molar-refractivity contribution in [3.8, 4) is 0 Å². The minimum Gasteiger partial charge on any atom is -0.388 e. The summed E-state index contributed by atoms with van der Waals surface area (Å²) in [7, 11) is 1.53. The Hall–Kier alpha value is -2.92. The van der Waals surface area contributed by atoms with E-state index in [9.17, 15) is 14.7 Å². The van der Waals surface area contributed by atoms with Crippen LogP contribution in [0.1, 0.15) is 11.1 Å². The summed E-state index contributed by atoms with van der Waals surface area (Å²) in [6.45, 7) is 3.59. The predicted octanol–water partition coefficient (Wildman–Crippen LogP) is 1.87. The lowest BCUT2D eigenvalue weighted by molar-refractivity contribution is -0.132. The Balaban J connectivity index is 2.15. The Kier molecular flexibility index (Phi) is 7.77. The van der Waals surface area contributed by atoms with Gasteiger partial charge in [0.1, 0.15) is 6.04 Å². The number of rotatable bonds is 9. The Morgan fingerprint density at radius 3 is 1.96 bits per heavy atom. The number of hydrogen-bond donors (Lipinski definition) is 3. The van der Waals surface area contributed by atoms with Gasteiger partial charge in [-0.1, -0.05) is 66.7 Å². The number of carbonyl (C=O) groups is 2. The molecule has 0 aliphatic rings. The van der Waals surface area contributed by atoms with Crippen molar-refractivity contribution in [3.05, 3.63) is 84.4 Å². The van der Waals surface area contributed by atoms with Crippen LogP contribution in [-0.2, 0) is 22.4 Å². The summed E-state index contributed by atoms with van der Waals surface area (Å²) in [4.78, 5) is 25.1. The standard InChI is InChI=1S/C22H26N2O3/c1-3-20(25)18(14-16-10-6-4-7-11-16)21(26)24-19(22(27)23-2)15-17-12-8-5-9-13-17/h3-13,18-20,25H,1,14-15H2,2H3,(H,23,27)(H,24,26)/t18-,19+,20+/m1/s1. The zero-order valence-electron chi connectivity index (χ0n) is 15.5. The first-order chi connectivity index (χ1) is 13.0. The molecule has 0 aromatic heterocycles. The number of nitrogens with one attached hydrogen (secondary N) is 2. The van der Waals surface area contributed by atoms with Crippen LogP contribution in [0.15, 0.2) is 73.3 Å². The molecule has 0 radical (unpaired) electrons. The molecule has 0 fully saturated rings. The molecule has 27 heavy (non-hydrogen) atoms. The van der Waals surface area contributed by atoms with Gasteiger partial charge in [-0.25, -0.2) is 0 Å². The second-order valence-corrected chi connectivity index (χ2v) is 6.39. The second-order valence-electron chi connectivity index (χ2n) is 6.39. The summed E-state index contributed by atoms with van der Waals surface area (Å²) >= 11 is 0. The summed E-state index contributed by atoms with van der Waals surface area (Å²) in [5.41, 5.74) is 1.87. The van der Waals surface area contributed by atoms with Crippen LogP contribution in [0.5, 0.6) is 0 Å². The molecule has 3 atom stereocenters. The Morgan fingerprint density at radius 1 is 0.963 bits per heavy atom. The van der Waals surface area contributed by atoms with Crippen molar-refractivity contribution >= 4 is 11.8 Å². The Morgan fingerprint density at radius 2 is 1.48 bits per heavy atom. The molecule has 2 amide bonds. The molecule has 0 unspecified atom stereocenters. The lowest BCUT2D eigenvalue weighted by Crippen LogP contribution is -2.50. The number of amides is 2. The van der Waals surface area contributed by atoms with Crippen LogP contribution in [0.4, 0.5) is 0 Å². The van der Waals surface area contributed by atoms with Gasteiger partial charge in [-0.2, -0.15) is 0 Å². The lowest BCUT2D eigenvalue weighted by atomic mass is 9.92. The third-order valence-corrected chi connectivity index (χ3v) is 4.45. The van der Waals surface area contributed by atoms with E-state index < -0.39 is 18.1 Å². The van der Waals surface area contributed by atoms with Gasteiger partial charge in [-0.15, -0.1) is 6.58 Å². The number of benzene rings is 2. The SMILES string of the molecule is C=C[C@H](O)[C@@H](Cc1ccccc1)C(=O)N[C@@H](Cc1ccccc1)C(=O)NC. The van der Waals surface area contributed by atoms with Crippen molar-refractivity contribution in [2.45, 2.75) is 25.0 Å². The Labute approximate surface area is 160 Å². The molecule has 2 rings (SSSR count). The highest BCUT2D eigenvalue weighted by Gasteiger charge is 2.29. The van der Waals surface area contributed by atoms with E-state index in [4.69, 9.17) is 0 Å². The van der Waals surface area contributed by atoms with E-state index >= 15 is 0 Å². The highest BCUT2D eigenvalue weighted by atomic mass is 16.3. The molecule has 3 N–H and O–H groups in total. The van der Waals surface area contributed by atoms with Gasteiger partial charge in [-0.3, -0.25) is 9.59 Å². The smallest absolute Gasteiger partial charge is 0.242 e. The van der Waals surface area contributed by atoms with E-state index in [0.717, 1.165) is 11.1 Å². The predicted molar refractivity (Wildman–Crippen MR) is 106 cm³/mol. The average molecular weight is 366 g/mol. The summed E-state index contributed by atoms with van der Waals surface area (Å²) in [5.74, 6) is -1.39. The molecule has 0 aliphatic carbocycles. The third-order valence-electron chi connectivity index (χ3n) is 4.45. The van der Waals surface area contributed by atoms with Gasteiger partial charge in [0.25, 0.3) is 0 Å². The normalized spacial score (nSPS) is 13.9. The molecule has 0 bridgehead atoms.